The Bertz CT molecular complexity index is 344. The molecule has 1 saturated carbocycles. The molecule has 88 valence electrons. The van der Waals surface area contributed by atoms with E-state index in [-0.39, 0.29) is 0 Å². The standard InChI is InChI=1S/C14H21NS/c1-9(2)16-12-6-4-11(5-7-12)13-8-14(15)10(13)3/h4-7,9-10,13-14H,8,15H2,1-3H3. The van der Waals surface area contributed by atoms with Crippen molar-refractivity contribution >= 4 is 11.8 Å². The van der Waals surface area contributed by atoms with Gasteiger partial charge in [-0.25, -0.2) is 0 Å². The molecular weight excluding hydrogens is 214 g/mol. The van der Waals surface area contributed by atoms with E-state index in [4.69, 9.17) is 5.73 Å². The highest BCUT2D eigenvalue weighted by atomic mass is 32.2. The molecule has 1 aromatic carbocycles. The second-order valence-corrected chi connectivity index (χ2v) is 6.75. The van der Waals surface area contributed by atoms with E-state index in [9.17, 15) is 0 Å². The van der Waals surface area contributed by atoms with Crippen molar-refractivity contribution in [3.8, 4) is 0 Å². The van der Waals surface area contributed by atoms with Crippen LogP contribution in [0.5, 0.6) is 0 Å². The topological polar surface area (TPSA) is 26.0 Å². The van der Waals surface area contributed by atoms with E-state index < -0.39 is 0 Å². The lowest BCUT2D eigenvalue weighted by atomic mass is 9.67. The molecule has 0 spiro atoms. The normalized spacial score (nSPS) is 29.2. The van der Waals surface area contributed by atoms with Gasteiger partial charge < -0.3 is 5.73 Å². The van der Waals surface area contributed by atoms with Crippen molar-refractivity contribution in [3.63, 3.8) is 0 Å². The van der Waals surface area contributed by atoms with Crippen LogP contribution < -0.4 is 5.73 Å². The fourth-order valence-electron chi connectivity index (χ4n) is 2.33. The van der Waals surface area contributed by atoms with Crippen molar-refractivity contribution in [2.45, 2.75) is 49.3 Å². The third-order valence-corrected chi connectivity index (χ3v) is 4.53. The van der Waals surface area contributed by atoms with Gasteiger partial charge in [-0.1, -0.05) is 32.9 Å². The van der Waals surface area contributed by atoms with Crippen LogP contribution in [-0.4, -0.2) is 11.3 Å². The van der Waals surface area contributed by atoms with E-state index in [1.54, 1.807) is 0 Å². The Balaban J connectivity index is 2.02. The van der Waals surface area contributed by atoms with Gasteiger partial charge in [0.1, 0.15) is 0 Å². The fourth-order valence-corrected chi connectivity index (χ4v) is 3.17. The summed E-state index contributed by atoms with van der Waals surface area (Å²) in [6.07, 6.45) is 1.15. The van der Waals surface area contributed by atoms with Crippen LogP contribution in [0.4, 0.5) is 0 Å². The monoisotopic (exact) mass is 235 g/mol. The van der Waals surface area contributed by atoms with Gasteiger partial charge in [0.15, 0.2) is 0 Å². The first-order chi connectivity index (χ1) is 7.58. The summed E-state index contributed by atoms with van der Waals surface area (Å²) in [6.45, 7) is 6.72. The van der Waals surface area contributed by atoms with Gasteiger partial charge in [0.05, 0.1) is 0 Å². The summed E-state index contributed by atoms with van der Waals surface area (Å²) in [7, 11) is 0. The zero-order valence-corrected chi connectivity index (χ0v) is 11.1. The summed E-state index contributed by atoms with van der Waals surface area (Å²) in [4.78, 5) is 1.37. The Labute approximate surface area is 103 Å². The Kier molecular flexibility index (Phi) is 3.60. The minimum absolute atomic E-state index is 0.412. The zero-order chi connectivity index (χ0) is 11.7. The lowest BCUT2D eigenvalue weighted by Crippen LogP contribution is -2.44. The molecule has 0 heterocycles. The maximum absolute atomic E-state index is 5.94. The van der Waals surface area contributed by atoms with Crippen molar-refractivity contribution in [1.29, 1.82) is 0 Å². The number of benzene rings is 1. The number of rotatable bonds is 3. The van der Waals surface area contributed by atoms with E-state index in [2.05, 4.69) is 45.0 Å². The second kappa shape index (κ2) is 4.80. The van der Waals surface area contributed by atoms with E-state index >= 15 is 0 Å². The Morgan fingerprint density at radius 1 is 1.25 bits per heavy atom. The summed E-state index contributed by atoms with van der Waals surface area (Å²) in [6, 6.07) is 9.46. The minimum Gasteiger partial charge on any atom is -0.327 e. The van der Waals surface area contributed by atoms with Gasteiger partial charge in [-0.3, -0.25) is 0 Å². The predicted molar refractivity (Wildman–Crippen MR) is 71.9 cm³/mol. The summed E-state index contributed by atoms with van der Waals surface area (Å²) in [5, 5.41) is 0.655. The molecule has 0 radical (unpaired) electrons. The highest BCUT2D eigenvalue weighted by Crippen LogP contribution is 2.41. The van der Waals surface area contributed by atoms with E-state index in [0.717, 1.165) is 6.42 Å². The molecule has 2 rings (SSSR count). The largest absolute Gasteiger partial charge is 0.327 e. The van der Waals surface area contributed by atoms with Gasteiger partial charge in [0, 0.05) is 16.2 Å². The van der Waals surface area contributed by atoms with Crippen LogP contribution in [0.25, 0.3) is 0 Å². The molecule has 0 saturated heterocycles. The van der Waals surface area contributed by atoms with Crippen molar-refractivity contribution in [2.75, 3.05) is 0 Å². The predicted octanol–water partition coefficient (Wildman–Crippen LogP) is 3.64. The van der Waals surface area contributed by atoms with Crippen LogP contribution in [0.15, 0.2) is 29.2 Å². The average Bonchev–Trinajstić information content (AvgIpc) is 2.26. The Morgan fingerprint density at radius 2 is 1.88 bits per heavy atom. The molecule has 2 heteroatoms. The lowest BCUT2D eigenvalue weighted by Gasteiger charge is -2.40. The van der Waals surface area contributed by atoms with Gasteiger partial charge in [-0.15, -0.1) is 11.8 Å². The van der Waals surface area contributed by atoms with Crippen LogP contribution >= 0.6 is 11.8 Å². The molecule has 0 aliphatic heterocycles. The molecule has 1 aliphatic rings. The van der Waals surface area contributed by atoms with Crippen molar-refractivity contribution in [3.05, 3.63) is 29.8 Å². The quantitative estimate of drug-likeness (QED) is 0.810. The molecule has 3 atom stereocenters. The van der Waals surface area contributed by atoms with Crippen molar-refractivity contribution in [2.24, 2.45) is 11.7 Å². The molecule has 1 nitrogen and oxygen atoms in total. The first-order valence-electron chi connectivity index (χ1n) is 6.10. The molecular formula is C14H21NS. The van der Waals surface area contributed by atoms with Crippen molar-refractivity contribution in [1.82, 2.24) is 0 Å². The van der Waals surface area contributed by atoms with Gasteiger partial charge in [0.2, 0.25) is 0 Å². The van der Waals surface area contributed by atoms with Gasteiger partial charge in [0.25, 0.3) is 0 Å². The lowest BCUT2D eigenvalue weighted by molar-refractivity contribution is 0.226. The summed E-state index contributed by atoms with van der Waals surface area (Å²) in [5.41, 5.74) is 7.40. The maximum atomic E-state index is 5.94. The Morgan fingerprint density at radius 3 is 2.31 bits per heavy atom. The first-order valence-corrected chi connectivity index (χ1v) is 6.98. The van der Waals surface area contributed by atoms with Crippen LogP contribution in [0, 0.1) is 5.92 Å². The Hall–Kier alpha value is -0.470. The van der Waals surface area contributed by atoms with Crippen LogP contribution in [0.3, 0.4) is 0 Å². The number of thioether (sulfide) groups is 1. The summed E-state index contributed by atoms with van der Waals surface area (Å²) in [5.74, 6) is 1.33. The third-order valence-electron chi connectivity index (χ3n) is 3.52. The molecule has 0 bridgehead atoms. The highest BCUT2D eigenvalue weighted by Gasteiger charge is 2.35. The number of hydrogen-bond acceptors (Lipinski definition) is 2. The number of nitrogens with two attached hydrogens (primary N) is 1. The maximum Gasteiger partial charge on any atom is 0.00763 e. The van der Waals surface area contributed by atoms with E-state index in [0.29, 0.717) is 23.1 Å². The van der Waals surface area contributed by atoms with Crippen LogP contribution in [0.1, 0.15) is 38.7 Å². The number of hydrogen-bond donors (Lipinski definition) is 1. The highest BCUT2D eigenvalue weighted by molar-refractivity contribution is 7.99. The first kappa shape index (κ1) is 12.0. The van der Waals surface area contributed by atoms with E-state index in [1.165, 1.54) is 10.5 Å². The SMILES string of the molecule is CC(C)Sc1ccc(C2CC(N)C2C)cc1. The third kappa shape index (κ3) is 2.44. The molecule has 0 amide bonds. The van der Waals surface area contributed by atoms with Crippen LogP contribution in [-0.2, 0) is 0 Å². The van der Waals surface area contributed by atoms with E-state index in [1.807, 2.05) is 11.8 Å². The van der Waals surface area contributed by atoms with Gasteiger partial charge in [-0.2, -0.15) is 0 Å². The molecule has 16 heavy (non-hydrogen) atoms. The molecule has 1 aromatic rings. The smallest absolute Gasteiger partial charge is 0.00763 e. The molecule has 0 aromatic heterocycles. The molecule has 1 fully saturated rings. The van der Waals surface area contributed by atoms with Crippen LogP contribution in [0.2, 0.25) is 0 Å². The van der Waals surface area contributed by atoms with Crippen molar-refractivity contribution < 1.29 is 0 Å². The average molecular weight is 235 g/mol. The second-order valence-electron chi connectivity index (χ2n) is 5.10. The minimum atomic E-state index is 0.412. The molecule has 1 aliphatic carbocycles. The summed E-state index contributed by atoms with van der Waals surface area (Å²) < 4.78 is 0. The molecule has 2 N–H and O–H groups in total. The molecule has 3 unspecified atom stereocenters. The fraction of sp³-hybridized carbons (Fsp3) is 0.571. The van der Waals surface area contributed by atoms with Gasteiger partial charge in [-0.05, 0) is 36.0 Å². The zero-order valence-electron chi connectivity index (χ0n) is 10.3. The van der Waals surface area contributed by atoms with Gasteiger partial charge >= 0.3 is 0 Å². The summed E-state index contributed by atoms with van der Waals surface area (Å²) >= 11 is 1.92.